The van der Waals surface area contributed by atoms with Crippen LogP contribution in [0.4, 0.5) is 0 Å². The minimum atomic E-state index is -0.958. The first-order chi connectivity index (χ1) is 10.1. The van der Waals surface area contributed by atoms with E-state index in [-0.39, 0.29) is 5.69 Å². The molecule has 5 nitrogen and oxygen atoms in total. The minimum absolute atomic E-state index is 0.134. The maximum atomic E-state index is 10.9. The quantitative estimate of drug-likeness (QED) is 0.916. The largest absolute Gasteiger partial charge is 0.477 e. The normalized spacial score (nSPS) is 24.7. The van der Waals surface area contributed by atoms with Crippen molar-refractivity contribution in [3.05, 3.63) is 29.6 Å². The van der Waals surface area contributed by atoms with Gasteiger partial charge in [-0.25, -0.2) is 9.78 Å². The molecule has 0 saturated carbocycles. The van der Waals surface area contributed by atoms with Crippen LogP contribution in [-0.4, -0.2) is 57.6 Å². The topological polar surface area (TPSA) is 56.7 Å². The van der Waals surface area contributed by atoms with Gasteiger partial charge in [-0.2, -0.15) is 0 Å². The molecule has 1 aromatic heterocycles. The summed E-state index contributed by atoms with van der Waals surface area (Å²) in [6.07, 6.45) is 4.00. The average Bonchev–Trinajstić information content (AvgIpc) is 2.44. The van der Waals surface area contributed by atoms with Crippen LogP contribution in [0.2, 0.25) is 0 Å². The number of hydrogen-bond donors (Lipinski definition) is 1. The lowest BCUT2D eigenvalue weighted by atomic mass is 9.97. The van der Waals surface area contributed by atoms with Gasteiger partial charge in [-0.1, -0.05) is 12.5 Å². The second-order valence-corrected chi connectivity index (χ2v) is 6.25. The summed E-state index contributed by atoms with van der Waals surface area (Å²) in [5.41, 5.74) is 0.981. The van der Waals surface area contributed by atoms with Gasteiger partial charge in [0.2, 0.25) is 0 Å². The van der Waals surface area contributed by atoms with Crippen LogP contribution in [0.1, 0.15) is 42.4 Å². The molecule has 5 heteroatoms. The number of piperidine rings is 1. The number of pyridine rings is 1. The van der Waals surface area contributed by atoms with Crippen LogP contribution in [0.5, 0.6) is 0 Å². The van der Waals surface area contributed by atoms with Crippen molar-refractivity contribution in [2.24, 2.45) is 0 Å². The zero-order valence-electron chi connectivity index (χ0n) is 12.5. The summed E-state index contributed by atoms with van der Waals surface area (Å²) >= 11 is 0. The minimum Gasteiger partial charge on any atom is -0.477 e. The summed E-state index contributed by atoms with van der Waals surface area (Å²) in [5, 5.41) is 8.97. The fraction of sp³-hybridized carbons (Fsp3) is 0.625. The Labute approximate surface area is 125 Å². The number of hydrogen-bond acceptors (Lipinski definition) is 4. The van der Waals surface area contributed by atoms with Crippen LogP contribution in [0.3, 0.4) is 0 Å². The number of carbonyl (C=O) groups is 1. The van der Waals surface area contributed by atoms with Crippen LogP contribution < -0.4 is 0 Å². The van der Waals surface area contributed by atoms with Gasteiger partial charge in [0.25, 0.3) is 0 Å². The zero-order valence-corrected chi connectivity index (χ0v) is 12.5. The van der Waals surface area contributed by atoms with Crippen LogP contribution in [0.25, 0.3) is 0 Å². The number of aromatic nitrogens is 1. The van der Waals surface area contributed by atoms with Crippen LogP contribution in [0, 0.1) is 0 Å². The van der Waals surface area contributed by atoms with Gasteiger partial charge in [-0.15, -0.1) is 0 Å². The first-order valence-electron chi connectivity index (χ1n) is 7.81. The van der Waals surface area contributed by atoms with Crippen LogP contribution in [-0.2, 0) is 6.54 Å². The zero-order chi connectivity index (χ0) is 14.8. The van der Waals surface area contributed by atoms with Crippen molar-refractivity contribution in [1.29, 1.82) is 0 Å². The predicted molar refractivity (Wildman–Crippen MR) is 80.3 cm³/mol. The number of carboxylic acid groups (broad SMARTS) is 1. The number of rotatable bonds is 4. The van der Waals surface area contributed by atoms with E-state index in [0.717, 1.165) is 25.3 Å². The molecule has 2 aliphatic rings. The molecule has 0 spiro atoms. The summed E-state index contributed by atoms with van der Waals surface area (Å²) < 4.78 is 0. The van der Waals surface area contributed by atoms with Crippen molar-refractivity contribution in [2.75, 3.05) is 19.6 Å². The Morgan fingerprint density at radius 3 is 2.90 bits per heavy atom. The highest BCUT2D eigenvalue weighted by Crippen LogP contribution is 2.25. The number of aromatic carboxylic acids is 1. The van der Waals surface area contributed by atoms with Crippen molar-refractivity contribution < 1.29 is 9.90 Å². The molecule has 0 amide bonds. The van der Waals surface area contributed by atoms with E-state index >= 15 is 0 Å². The fourth-order valence-electron chi connectivity index (χ4n) is 3.46. The molecule has 0 unspecified atom stereocenters. The Kier molecular flexibility index (Phi) is 4.22. The fourth-order valence-corrected chi connectivity index (χ4v) is 3.46. The molecule has 0 aliphatic carbocycles. The van der Waals surface area contributed by atoms with Gasteiger partial charge >= 0.3 is 5.97 Å². The van der Waals surface area contributed by atoms with Crippen molar-refractivity contribution in [3.8, 4) is 0 Å². The lowest BCUT2D eigenvalue weighted by Gasteiger charge is -2.49. The average molecular weight is 289 g/mol. The third-order valence-corrected chi connectivity index (χ3v) is 4.67. The van der Waals surface area contributed by atoms with Gasteiger partial charge in [0.05, 0.1) is 5.69 Å². The predicted octanol–water partition coefficient (Wildman–Crippen LogP) is 1.84. The highest BCUT2D eigenvalue weighted by atomic mass is 16.4. The molecule has 0 bridgehead atoms. The maximum Gasteiger partial charge on any atom is 0.354 e. The molecule has 114 valence electrons. The molecule has 3 heterocycles. The van der Waals surface area contributed by atoms with Crippen molar-refractivity contribution in [3.63, 3.8) is 0 Å². The van der Waals surface area contributed by atoms with E-state index in [1.54, 1.807) is 12.1 Å². The Morgan fingerprint density at radius 1 is 1.38 bits per heavy atom. The number of nitrogens with zero attached hydrogens (tertiary/aromatic N) is 3. The van der Waals surface area contributed by atoms with Gasteiger partial charge in [0, 0.05) is 31.7 Å². The van der Waals surface area contributed by atoms with Gasteiger partial charge in [0.15, 0.2) is 0 Å². The molecule has 21 heavy (non-hydrogen) atoms. The summed E-state index contributed by atoms with van der Waals surface area (Å²) in [6, 6.07) is 6.60. The summed E-state index contributed by atoms with van der Waals surface area (Å²) in [5.74, 6) is -0.958. The first-order valence-corrected chi connectivity index (χ1v) is 7.81. The van der Waals surface area contributed by atoms with Crippen molar-refractivity contribution >= 4 is 5.97 Å². The second kappa shape index (κ2) is 6.12. The summed E-state index contributed by atoms with van der Waals surface area (Å²) in [7, 11) is 0. The second-order valence-electron chi connectivity index (χ2n) is 6.25. The van der Waals surface area contributed by atoms with Crippen molar-refractivity contribution in [1.82, 2.24) is 14.8 Å². The van der Waals surface area contributed by atoms with Gasteiger partial charge in [-0.3, -0.25) is 9.80 Å². The van der Waals surface area contributed by atoms with Gasteiger partial charge in [-0.05, 0) is 38.4 Å². The Balaban J connectivity index is 1.52. The first kappa shape index (κ1) is 14.5. The smallest absolute Gasteiger partial charge is 0.354 e. The van der Waals surface area contributed by atoms with Crippen molar-refractivity contribution in [2.45, 2.75) is 44.8 Å². The molecule has 2 fully saturated rings. The molecule has 2 saturated heterocycles. The van der Waals surface area contributed by atoms with E-state index in [1.807, 2.05) is 6.07 Å². The monoisotopic (exact) mass is 289 g/mol. The molecule has 0 radical (unpaired) electrons. The number of likely N-dealkylation sites (tertiary alicyclic amines) is 2. The molecule has 3 rings (SSSR count). The molecule has 1 atom stereocenters. The molecule has 1 aromatic rings. The number of carboxylic acids is 1. The van der Waals surface area contributed by atoms with E-state index in [1.165, 1.54) is 25.8 Å². The highest BCUT2D eigenvalue weighted by Gasteiger charge is 2.34. The van der Waals surface area contributed by atoms with E-state index in [4.69, 9.17) is 5.11 Å². The molecule has 1 N–H and O–H groups in total. The van der Waals surface area contributed by atoms with E-state index < -0.39 is 5.97 Å². The van der Waals surface area contributed by atoms with E-state index in [0.29, 0.717) is 12.1 Å². The molecular formula is C16H23N3O2. The standard InChI is InChI=1S/C16H23N3O2/c1-12-5-2-3-8-19(12)14-10-18(11-14)9-13-6-4-7-15(17-13)16(20)21/h4,6-7,12,14H,2-3,5,8-11H2,1H3,(H,20,21)/t12-/m1/s1. The Bertz CT molecular complexity index is 514. The van der Waals surface area contributed by atoms with Gasteiger partial charge in [0.1, 0.15) is 5.69 Å². The lowest BCUT2D eigenvalue weighted by Crippen LogP contribution is -2.61. The molecular weight excluding hydrogens is 266 g/mol. The molecule has 2 aliphatic heterocycles. The third kappa shape index (κ3) is 3.24. The molecule has 0 aromatic carbocycles. The summed E-state index contributed by atoms with van der Waals surface area (Å²) in [6.45, 7) is 6.46. The SMILES string of the molecule is C[C@@H]1CCCCN1C1CN(Cc2cccc(C(=O)O)n2)C1. The van der Waals surface area contributed by atoms with Crippen LogP contribution >= 0.6 is 0 Å². The summed E-state index contributed by atoms with van der Waals surface area (Å²) in [4.78, 5) is 20.1. The van der Waals surface area contributed by atoms with E-state index in [9.17, 15) is 4.79 Å². The third-order valence-electron chi connectivity index (χ3n) is 4.67. The van der Waals surface area contributed by atoms with E-state index in [2.05, 4.69) is 21.7 Å². The van der Waals surface area contributed by atoms with Gasteiger partial charge < -0.3 is 5.11 Å². The lowest BCUT2D eigenvalue weighted by molar-refractivity contribution is -0.00677. The maximum absolute atomic E-state index is 10.9. The Hall–Kier alpha value is -1.46. The van der Waals surface area contributed by atoms with Crippen LogP contribution in [0.15, 0.2) is 18.2 Å². The highest BCUT2D eigenvalue weighted by molar-refractivity contribution is 5.85. The Morgan fingerprint density at radius 2 is 2.19 bits per heavy atom.